The Kier molecular flexibility index (Phi) is 7.48. The second-order valence-electron chi connectivity index (χ2n) is 4.90. The van der Waals surface area contributed by atoms with Gasteiger partial charge >= 0.3 is 59.1 Å². The van der Waals surface area contributed by atoms with Gasteiger partial charge in [-0.05, 0) is 13.0 Å². The van der Waals surface area contributed by atoms with E-state index in [1.54, 1.807) is 6.07 Å². The Morgan fingerprint density at radius 3 is 2.29 bits per heavy atom. The predicted molar refractivity (Wildman–Crippen MR) is 64.6 cm³/mol. The second-order valence-corrected chi connectivity index (χ2v) is 7.31. The molecule has 116 valence electrons. The van der Waals surface area contributed by atoms with Crippen LogP contribution in [0.25, 0.3) is 0 Å². The number of hydrogen-bond acceptors (Lipinski definition) is 8. The van der Waals surface area contributed by atoms with Crippen LogP contribution in [0.15, 0.2) is 23.8 Å². The van der Waals surface area contributed by atoms with E-state index in [1.807, 2.05) is 0 Å². The number of rotatable bonds is 3. The van der Waals surface area contributed by atoms with Crippen molar-refractivity contribution in [2.45, 2.75) is 23.1 Å². The fourth-order valence-corrected chi connectivity index (χ4v) is 4.96. The summed E-state index contributed by atoms with van der Waals surface area (Å²) in [4.78, 5) is 34.2. The number of aliphatic carboxylic acids is 2. The number of amides is 1. The van der Waals surface area contributed by atoms with E-state index in [0.717, 1.165) is 19.1 Å². The minimum absolute atomic E-state index is 0. The molecule has 0 N–H and O–H groups in total. The van der Waals surface area contributed by atoms with Gasteiger partial charge < -0.3 is 24.7 Å². The number of allylic oxidation sites excluding steroid dienone is 1. The molecule has 2 heterocycles. The Hall–Kier alpha value is -0.670. The van der Waals surface area contributed by atoms with Crippen LogP contribution in [0, 0.1) is 11.3 Å². The molecule has 1 amide bonds. The monoisotopic (exact) mass is 370 g/mol. The van der Waals surface area contributed by atoms with Crippen LogP contribution in [0.1, 0.15) is 6.92 Å². The summed E-state index contributed by atoms with van der Waals surface area (Å²) in [6.45, 7) is 1.03. The largest absolute Gasteiger partial charge is 1.00 e. The standard InChI is InChI=1S/C12H10N2O7S.2Na/c1-12(3-2-4-13)8(11(18)19)14-9(17)6(5-7(15)16)10(14)22(12,20)21;;/h2-3,5,8,10H,1H3,(H,15,16)(H,18,19);;/q;2*+1/p-2/b3-2+,6-5-;;/t8-,10?,12-;;/m0../s1. The molecule has 2 saturated heterocycles. The topological polar surface area (TPSA) is 158 Å². The van der Waals surface area contributed by atoms with Gasteiger partial charge in [-0.1, -0.05) is 6.08 Å². The van der Waals surface area contributed by atoms with Gasteiger partial charge in [-0.3, -0.25) is 4.79 Å². The zero-order chi connectivity index (χ0) is 16.9. The molecule has 2 fully saturated rings. The van der Waals surface area contributed by atoms with Crippen molar-refractivity contribution < 1.29 is 92.1 Å². The number of carbonyl (C=O) groups excluding carboxylic acids is 3. The molecule has 0 spiro atoms. The maximum atomic E-state index is 12.5. The van der Waals surface area contributed by atoms with Crippen molar-refractivity contribution in [3.8, 4) is 6.07 Å². The first-order valence-corrected chi connectivity index (χ1v) is 7.41. The molecule has 3 atom stereocenters. The quantitative estimate of drug-likeness (QED) is 0.205. The van der Waals surface area contributed by atoms with E-state index in [2.05, 4.69) is 0 Å². The van der Waals surface area contributed by atoms with Crippen LogP contribution in [0.5, 0.6) is 0 Å². The number of sulfone groups is 1. The molecule has 0 saturated carbocycles. The molecule has 2 aliphatic heterocycles. The van der Waals surface area contributed by atoms with Crippen LogP contribution in [-0.4, -0.2) is 47.3 Å². The summed E-state index contributed by atoms with van der Waals surface area (Å²) in [5.74, 6) is -4.64. The van der Waals surface area contributed by atoms with E-state index in [4.69, 9.17) is 5.26 Å². The summed E-state index contributed by atoms with van der Waals surface area (Å²) in [5.41, 5.74) is -0.583. The molecule has 0 bridgehead atoms. The van der Waals surface area contributed by atoms with Crippen LogP contribution >= 0.6 is 0 Å². The molecular weight excluding hydrogens is 362 g/mol. The molecule has 0 aromatic rings. The molecule has 2 aliphatic rings. The Balaban J connectivity index is 0.00000264. The van der Waals surface area contributed by atoms with Gasteiger partial charge in [0.15, 0.2) is 15.2 Å². The van der Waals surface area contributed by atoms with Gasteiger partial charge in [-0.2, -0.15) is 5.26 Å². The van der Waals surface area contributed by atoms with Crippen molar-refractivity contribution in [1.82, 2.24) is 4.90 Å². The van der Waals surface area contributed by atoms with E-state index in [0.29, 0.717) is 11.0 Å². The Labute approximate surface area is 181 Å². The molecule has 24 heavy (non-hydrogen) atoms. The van der Waals surface area contributed by atoms with Gasteiger partial charge in [0.1, 0.15) is 4.75 Å². The van der Waals surface area contributed by atoms with E-state index < -0.39 is 49.4 Å². The van der Waals surface area contributed by atoms with Gasteiger partial charge in [0.05, 0.1) is 29.6 Å². The van der Waals surface area contributed by atoms with E-state index in [1.165, 1.54) is 0 Å². The van der Waals surface area contributed by atoms with Crippen molar-refractivity contribution >= 4 is 27.7 Å². The van der Waals surface area contributed by atoms with E-state index in [-0.39, 0.29) is 59.1 Å². The Morgan fingerprint density at radius 1 is 1.33 bits per heavy atom. The summed E-state index contributed by atoms with van der Waals surface area (Å²) in [6.07, 6.45) is 1.96. The number of carboxylic acids is 2. The third-order valence-electron chi connectivity index (χ3n) is 3.71. The molecular formula is C12H8N2Na2O7S. The first kappa shape index (κ1) is 23.3. The Morgan fingerprint density at radius 2 is 1.88 bits per heavy atom. The van der Waals surface area contributed by atoms with Gasteiger partial charge in [-0.25, -0.2) is 8.42 Å². The predicted octanol–water partition coefficient (Wildman–Crippen LogP) is -9.78. The molecule has 0 radical (unpaired) electrons. The number of fused-ring (bicyclic) bond motifs is 1. The van der Waals surface area contributed by atoms with Gasteiger partial charge in [0.25, 0.3) is 5.91 Å². The normalized spacial score (nSPS) is 31.4. The second kappa shape index (κ2) is 7.70. The summed E-state index contributed by atoms with van der Waals surface area (Å²) in [7, 11) is -4.33. The number of hydrogen-bond donors (Lipinski definition) is 0. The first-order chi connectivity index (χ1) is 10.1. The summed E-state index contributed by atoms with van der Waals surface area (Å²) >= 11 is 0. The SMILES string of the molecule is C[C@]1(/C=C/C#N)[C@H](C(=O)[O-])N2C(=O)/C(=C/C(=O)[O-])C2S1(=O)=O.[Na+].[Na+]. The van der Waals surface area contributed by atoms with Crippen molar-refractivity contribution in [2.75, 3.05) is 0 Å². The molecule has 12 heteroatoms. The molecule has 1 unspecified atom stereocenters. The van der Waals surface area contributed by atoms with Crippen molar-refractivity contribution in [3.63, 3.8) is 0 Å². The number of nitriles is 1. The molecule has 0 aromatic heterocycles. The summed E-state index contributed by atoms with van der Waals surface area (Å²) in [5, 5.41) is 28.7. The number of carbonyl (C=O) groups is 3. The Bertz CT molecular complexity index is 799. The fraction of sp³-hybridized carbons (Fsp3) is 0.333. The molecule has 9 nitrogen and oxygen atoms in total. The average Bonchev–Trinajstić information content (AvgIpc) is 2.57. The van der Waals surface area contributed by atoms with Crippen LogP contribution in [0.2, 0.25) is 0 Å². The van der Waals surface area contributed by atoms with Crippen LogP contribution in [0.3, 0.4) is 0 Å². The van der Waals surface area contributed by atoms with E-state index >= 15 is 0 Å². The van der Waals surface area contributed by atoms with Crippen LogP contribution < -0.4 is 69.3 Å². The van der Waals surface area contributed by atoms with Gasteiger partial charge in [0.2, 0.25) is 0 Å². The molecule has 0 aliphatic carbocycles. The van der Waals surface area contributed by atoms with Crippen molar-refractivity contribution in [2.24, 2.45) is 0 Å². The zero-order valence-corrected chi connectivity index (χ0v) is 17.9. The van der Waals surface area contributed by atoms with Gasteiger partial charge in [0, 0.05) is 6.08 Å². The number of nitrogens with zero attached hydrogens (tertiary/aromatic N) is 2. The zero-order valence-electron chi connectivity index (χ0n) is 13.0. The minimum Gasteiger partial charge on any atom is -0.548 e. The van der Waals surface area contributed by atoms with Crippen molar-refractivity contribution in [1.29, 1.82) is 5.26 Å². The van der Waals surface area contributed by atoms with Crippen molar-refractivity contribution in [3.05, 3.63) is 23.8 Å². The summed E-state index contributed by atoms with van der Waals surface area (Å²) < 4.78 is 23.0. The third-order valence-corrected chi connectivity index (χ3v) is 6.37. The number of carboxylic acid groups (broad SMARTS) is 2. The van der Waals surface area contributed by atoms with Crippen LogP contribution in [0.4, 0.5) is 0 Å². The molecule has 0 aromatic carbocycles. The summed E-state index contributed by atoms with van der Waals surface area (Å²) in [6, 6.07) is -0.321. The maximum Gasteiger partial charge on any atom is 1.00 e. The average molecular weight is 370 g/mol. The fourth-order valence-electron chi connectivity index (χ4n) is 2.68. The maximum absolute atomic E-state index is 12.5. The van der Waals surface area contributed by atoms with E-state index in [9.17, 15) is 33.0 Å². The first-order valence-electron chi connectivity index (χ1n) is 5.86. The minimum atomic E-state index is -4.33. The van der Waals surface area contributed by atoms with Crippen LogP contribution in [-0.2, 0) is 24.2 Å². The smallest absolute Gasteiger partial charge is 0.548 e. The molecule has 2 rings (SSSR count). The van der Waals surface area contributed by atoms with Gasteiger partial charge in [-0.15, -0.1) is 0 Å². The third kappa shape index (κ3) is 3.10. The number of β-lactam (4-membered cyclic amide) rings is 1.